The Hall–Kier alpha value is -1.97. The van der Waals surface area contributed by atoms with Gasteiger partial charge in [0.2, 0.25) is 0 Å². The van der Waals surface area contributed by atoms with Gasteiger partial charge in [-0.25, -0.2) is 4.39 Å². The molecule has 0 radical (unpaired) electrons. The summed E-state index contributed by atoms with van der Waals surface area (Å²) >= 11 is 0. The lowest BCUT2D eigenvalue weighted by molar-refractivity contribution is 0.151. The van der Waals surface area contributed by atoms with Crippen LogP contribution in [0.4, 0.5) is 4.39 Å². The summed E-state index contributed by atoms with van der Waals surface area (Å²) in [5.74, 6) is -0.790. The summed E-state index contributed by atoms with van der Waals surface area (Å²) in [6.07, 6.45) is -0.267. The van der Waals surface area contributed by atoms with E-state index in [0.29, 0.717) is 17.6 Å². The molecule has 0 unspecified atom stereocenters. The van der Waals surface area contributed by atoms with E-state index in [-0.39, 0.29) is 12.4 Å². The predicted octanol–water partition coefficient (Wildman–Crippen LogP) is 3.10. The number of rotatable bonds is 2. The summed E-state index contributed by atoms with van der Waals surface area (Å²) < 4.78 is 13.6. The van der Waals surface area contributed by atoms with Gasteiger partial charge in [0.05, 0.1) is 12.7 Å². The lowest BCUT2D eigenvalue weighted by Crippen LogP contribution is -2.15. The van der Waals surface area contributed by atoms with E-state index in [1.165, 1.54) is 12.1 Å². The highest BCUT2D eigenvalue weighted by Gasteiger charge is 2.31. The number of hydrogen-bond donors (Lipinski definition) is 2. The van der Waals surface area contributed by atoms with E-state index in [9.17, 15) is 14.6 Å². The SMILES string of the molecule is C=C(CO)[C@@H]1c2ccccc2Cc2ccc(F)cc2[C@@H]1O. The molecular weight excluding hydrogens is 267 g/mol. The van der Waals surface area contributed by atoms with Crippen LogP contribution < -0.4 is 0 Å². The Morgan fingerprint density at radius 1 is 1.14 bits per heavy atom. The second-order valence-electron chi connectivity index (χ2n) is 5.46. The first-order valence-electron chi connectivity index (χ1n) is 6.94. The van der Waals surface area contributed by atoms with Gasteiger partial charge in [-0.05, 0) is 46.4 Å². The molecule has 2 aromatic carbocycles. The lowest BCUT2D eigenvalue weighted by atomic mass is 9.84. The molecule has 0 heterocycles. The van der Waals surface area contributed by atoms with Crippen molar-refractivity contribution in [1.82, 2.24) is 0 Å². The van der Waals surface area contributed by atoms with Crippen molar-refractivity contribution in [2.24, 2.45) is 0 Å². The Bertz CT molecular complexity index is 693. The molecule has 0 bridgehead atoms. The smallest absolute Gasteiger partial charge is 0.123 e. The fourth-order valence-corrected chi connectivity index (χ4v) is 3.10. The van der Waals surface area contributed by atoms with E-state index < -0.39 is 12.0 Å². The van der Waals surface area contributed by atoms with E-state index in [0.717, 1.165) is 16.7 Å². The molecular formula is C18H17FO2. The minimum absolute atomic E-state index is 0.208. The van der Waals surface area contributed by atoms with E-state index in [2.05, 4.69) is 6.58 Å². The lowest BCUT2D eigenvalue weighted by Gasteiger charge is -2.25. The van der Waals surface area contributed by atoms with Gasteiger partial charge in [-0.1, -0.05) is 36.9 Å². The second kappa shape index (κ2) is 5.43. The molecule has 108 valence electrons. The van der Waals surface area contributed by atoms with Crippen LogP contribution in [0.25, 0.3) is 0 Å². The minimum Gasteiger partial charge on any atom is -0.392 e. The number of halogens is 1. The number of aliphatic hydroxyl groups is 2. The Morgan fingerprint density at radius 3 is 2.62 bits per heavy atom. The first-order chi connectivity index (χ1) is 10.1. The van der Waals surface area contributed by atoms with Crippen molar-refractivity contribution < 1.29 is 14.6 Å². The van der Waals surface area contributed by atoms with Gasteiger partial charge in [0, 0.05) is 5.92 Å². The van der Waals surface area contributed by atoms with Gasteiger partial charge in [0.15, 0.2) is 0 Å². The summed E-state index contributed by atoms with van der Waals surface area (Å²) in [5.41, 5.74) is 4.03. The minimum atomic E-state index is -0.904. The number of benzene rings is 2. The molecule has 0 aliphatic heterocycles. The molecule has 3 heteroatoms. The van der Waals surface area contributed by atoms with Crippen LogP contribution in [0.5, 0.6) is 0 Å². The molecule has 2 N–H and O–H groups in total. The van der Waals surface area contributed by atoms with Crippen LogP contribution in [0.15, 0.2) is 54.6 Å². The van der Waals surface area contributed by atoms with Crippen LogP contribution in [-0.2, 0) is 6.42 Å². The average Bonchev–Trinajstić information content (AvgIpc) is 2.61. The van der Waals surface area contributed by atoms with Crippen molar-refractivity contribution in [3.63, 3.8) is 0 Å². The monoisotopic (exact) mass is 284 g/mol. The Kier molecular flexibility index (Phi) is 3.62. The Morgan fingerprint density at radius 2 is 1.86 bits per heavy atom. The Balaban J connectivity index is 2.22. The third-order valence-electron chi connectivity index (χ3n) is 4.16. The molecule has 0 saturated carbocycles. The van der Waals surface area contributed by atoms with Crippen molar-refractivity contribution in [3.05, 3.63) is 82.7 Å². The van der Waals surface area contributed by atoms with Crippen LogP contribution in [0.2, 0.25) is 0 Å². The third kappa shape index (κ3) is 2.39. The second-order valence-corrected chi connectivity index (χ2v) is 5.46. The molecule has 3 rings (SSSR count). The quantitative estimate of drug-likeness (QED) is 0.832. The molecule has 2 nitrogen and oxygen atoms in total. The molecule has 0 amide bonds. The standard InChI is InChI=1S/C18H17FO2/c1-11(10-20)17-15-5-3-2-4-12(15)8-13-6-7-14(19)9-16(13)18(17)21/h2-7,9,17-18,20-21H,1,8,10H2/t17-,18+/m1/s1. The van der Waals surface area contributed by atoms with Gasteiger partial charge in [-0.2, -0.15) is 0 Å². The fraction of sp³-hybridized carbons (Fsp3) is 0.222. The van der Waals surface area contributed by atoms with Crippen LogP contribution in [0.1, 0.15) is 34.3 Å². The topological polar surface area (TPSA) is 40.5 Å². The maximum absolute atomic E-state index is 13.6. The van der Waals surface area contributed by atoms with Gasteiger partial charge in [0.25, 0.3) is 0 Å². The Labute approximate surface area is 123 Å². The molecule has 1 aliphatic carbocycles. The van der Waals surface area contributed by atoms with Crippen LogP contribution >= 0.6 is 0 Å². The zero-order valence-corrected chi connectivity index (χ0v) is 11.6. The molecule has 1 aliphatic rings. The molecule has 2 aromatic rings. The van der Waals surface area contributed by atoms with Gasteiger partial charge in [0.1, 0.15) is 5.82 Å². The van der Waals surface area contributed by atoms with E-state index in [1.807, 2.05) is 24.3 Å². The summed E-state index contributed by atoms with van der Waals surface area (Å²) in [5, 5.41) is 20.2. The zero-order valence-electron chi connectivity index (χ0n) is 11.6. The molecule has 0 spiro atoms. The highest BCUT2D eigenvalue weighted by atomic mass is 19.1. The van der Waals surface area contributed by atoms with Crippen molar-refractivity contribution in [2.75, 3.05) is 6.61 Å². The first-order valence-corrected chi connectivity index (χ1v) is 6.94. The summed E-state index contributed by atoms with van der Waals surface area (Å²) in [6, 6.07) is 12.3. The third-order valence-corrected chi connectivity index (χ3v) is 4.16. The zero-order chi connectivity index (χ0) is 15.0. The van der Waals surface area contributed by atoms with E-state index in [4.69, 9.17) is 0 Å². The summed E-state index contributed by atoms with van der Waals surface area (Å²) in [7, 11) is 0. The normalized spacial score (nSPS) is 20.3. The number of aliphatic hydroxyl groups excluding tert-OH is 2. The van der Waals surface area contributed by atoms with Crippen molar-refractivity contribution in [1.29, 1.82) is 0 Å². The van der Waals surface area contributed by atoms with E-state index >= 15 is 0 Å². The van der Waals surface area contributed by atoms with Gasteiger partial charge < -0.3 is 10.2 Å². The predicted molar refractivity (Wildman–Crippen MR) is 79.6 cm³/mol. The van der Waals surface area contributed by atoms with Crippen molar-refractivity contribution in [3.8, 4) is 0 Å². The van der Waals surface area contributed by atoms with Gasteiger partial charge in [-0.15, -0.1) is 0 Å². The highest BCUT2D eigenvalue weighted by molar-refractivity contribution is 5.47. The van der Waals surface area contributed by atoms with Crippen molar-refractivity contribution >= 4 is 0 Å². The molecule has 2 atom stereocenters. The van der Waals surface area contributed by atoms with Crippen LogP contribution in [0, 0.1) is 5.82 Å². The molecule has 0 aromatic heterocycles. The number of fused-ring (bicyclic) bond motifs is 2. The van der Waals surface area contributed by atoms with Crippen LogP contribution in [0.3, 0.4) is 0 Å². The number of hydrogen-bond acceptors (Lipinski definition) is 2. The van der Waals surface area contributed by atoms with Gasteiger partial charge in [-0.3, -0.25) is 0 Å². The largest absolute Gasteiger partial charge is 0.392 e. The van der Waals surface area contributed by atoms with Gasteiger partial charge >= 0.3 is 0 Å². The summed E-state index contributed by atoms with van der Waals surface area (Å²) in [6.45, 7) is 3.67. The first kappa shape index (κ1) is 14.0. The highest BCUT2D eigenvalue weighted by Crippen LogP contribution is 2.42. The summed E-state index contributed by atoms with van der Waals surface area (Å²) in [4.78, 5) is 0. The van der Waals surface area contributed by atoms with Crippen LogP contribution in [-0.4, -0.2) is 16.8 Å². The molecule has 0 saturated heterocycles. The maximum atomic E-state index is 13.6. The van der Waals surface area contributed by atoms with E-state index in [1.54, 1.807) is 6.07 Å². The molecule has 21 heavy (non-hydrogen) atoms. The average molecular weight is 284 g/mol. The maximum Gasteiger partial charge on any atom is 0.123 e. The fourth-order valence-electron chi connectivity index (χ4n) is 3.10. The molecule has 0 fully saturated rings. The van der Waals surface area contributed by atoms with Crippen molar-refractivity contribution in [2.45, 2.75) is 18.4 Å².